The Morgan fingerprint density at radius 3 is 1.93 bits per heavy atom. The highest BCUT2D eigenvalue weighted by Gasteiger charge is 2.18. The Hall–Kier alpha value is -2.07. The number of imidazole rings is 1. The van der Waals surface area contributed by atoms with Crippen LogP contribution < -0.4 is 5.32 Å². The first-order valence-corrected chi connectivity index (χ1v) is 18.5. The van der Waals surface area contributed by atoms with Crippen molar-refractivity contribution in [2.24, 2.45) is 0 Å². The van der Waals surface area contributed by atoms with Crippen molar-refractivity contribution in [1.29, 1.82) is 0 Å². The van der Waals surface area contributed by atoms with Gasteiger partial charge >= 0.3 is 12.1 Å². The highest BCUT2D eigenvalue weighted by atomic mass is 35.5. The molecule has 11 heteroatoms. The standard InChI is InChI=1S/C32H54ClN5O4S.C2H6/c1-24(2)41-26(39)20-18-16-14-12-10-8-7-9-11-13-15-17-19-22-38-25(3)35-28-27(38)29(37-30(33)36-28)43-23-21-34-31(40)42-32(4,5)6;1-2/h24H,7-23H2,1-6H3,(H,34,40);1-2H3. The van der Waals surface area contributed by atoms with Gasteiger partial charge in [-0.1, -0.05) is 84.5 Å². The van der Waals surface area contributed by atoms with Gasteiger partial charge in [-0.15, -0.1) is 11.8 Å². The van der Waals surface area contributed by atoms with Crippen LogP contribution in [0.4, 0.5) is 4.79 Å². The molecular formula is C34H60ClN5O4S. The largest absolute Gasteiger partial charge is 0.463 e. The van der Waals surface area contributed by atoms with E-state index in [0.717, 1.165) is 42.2 Å². The number of aromatic nitrogens is 4. The maximum absolute atomic E-state index is 11.9. The third kappa shape index (κ3) is 18.6. The minimum atomic E-state index is -0.525. The maximum atomic E-state index is 11.9. The van der Waals surface area contributed by atoms with Crippen LogP contribution in [0.15, 0.2) is 5.03 Å². The first-order valence-electron chi connectivity index (χ1n) is 17.2. The second-order valence-electron chi connectivity index (χ2n) is 12.4. The second kappa shape index (κ2) is 23.3. The SMILES string of the molecule is CC.Cc1nc2nc(Cl)nc(SCCNC(=O)OC(C)(C)C)c2n1CCCCCCCCCCCCCCCC(=O)OC(C)C. The first-order chi connectivity index (χ1) is 21.5. The maximum Gasteiger partial charge on any atom is 0.407 e. The summed E-state index contributed by atoms with van der Waals surface area (Å²) in [6.45, 7) is 16.6. The lowest BCUT2D eigenvalue weighted by atomic mass is 10.0. The molecule has 0 aliphatic rings. The zero-order chi connectivity index (χ0) is 33.7. The summed E-state index contributed by atoms with van der Waals surface area (Å²) < 4.78 is 12.7. The number of aryl methyl sites for hydroxylation is 2. The average Bonchev–Trinajstić information content (AvgIpc) is 3.27. The predicted octanol–water partition coefficient (Wildman–Crippen LogP) is 9.84. The smallest absolute Gasteiger partial charge is 0.407 e. The first kappa shape index (κ1) is 41.0. The van der Waals surface area contributed by atoms with Crippen LogP contribution in [0.5, 0.6) is 0 Å². The number of hydrogen-bond donors (Lipinski definition) is 1. The van der Waals surface area contributed by atoms with Crippen LogP contribution in [0, 0.1) is 6.92 Å². The van der Waals surface area contributed by atoms with E-state index in [9.17, 15) is 9.59 Å². The summed E-state index contributed by atoms with van der Waals surface area (Å²) >= 11 is 7.73. The summed E-state index contributed by atoms with van der Waals surface area (Å²) in [5.74, 6) is 1.48. The van der Waals surface area contributed by atoms with Gasteiger partial charge in [-0.25, -0.2) is 14.8 Å². The van der Waals surface area contributed by atoms with E-state index >= 15 is 0 Å². The average molecular weight is 670 g/mol. The lowest BCUT2D eigenvalue weighted by Crippen LogP contribution is -2.33. The molecule has 2 rings (SSSR count). The number of rotatable bonds is 21. The fourth-order valence-electron chi connectivity index (χ4n) is 4.88. The molecule has 0 aliphatic heterocycles. The Morgan fingerprint density at radius 1 is 0.867 bits per heavy atom. The van der Waals surface area contributed by atoms with E-state index in [1.807, 2.05) is 55.4 Å². The van der Waals surface area contributed by atoms with E-state index in [4.69, 9.17) is 21.1 Å². The summed E-state index contributed by atoms with van der Waals surface area (Å²) in [5, 5.41) is 3.75. The molecule has 0 fully saturated rings. The van der Waals surface area contributed by atoms with Gasteiger partial charge in [0.1, 0.15) is 22.0 Å². The van der Waals surface area contributed by atoms with E-state index in [1.54, 1.807) is 0 Å². The Labute approximate surface area is 281 Å². The van der Waals surface area contributed by atoms with Gasteiger partial charge < -0.3 is 19.4 Å². The number of carbonyl (C=O) groups excluding carboxylic acids is 2. The highest BCUT2D eigenvalue weighted by molar-refractivity contribution is 7.99. The monoisotopic (exact) mass is 669 g/mol. The molecule has 0 spiro atoms. The number of alkyl carbamates (subject to hydrolysis) is 1. The number of thioether (sulfide) groups is 1. The Morgan fingerprint density at radius 2 is 1.40 bits per heavy atom. The fourth-order valence-corrected chi connectivity index (χ4v) is 5.98. The predicted molar refractivity (Wildman–Crippen MR) is 187 cm³/mol. The van der Waals surface area contributed by atoms with E-state index in [1.165, 1.54) is 76.0 Å². The van der Waals surface area contributed by atoms with Gasteiger partial charge in [0.2, 0.25) is 5.28 Å². The van der Waals surface area contributed by atoms with E-state index in [-0.39, 0.29) is 17.4 Å². The van der Waals surface area contributed by atoms with Crippen molar-refractivity contribution < 1.29 is 19.1 Å². The van der Waals surface area contributed by atoms with Gasteiger partial charge in [0, 0.05) is 25.3 Å². The van der Waals surface area contributed by atoms with Crippen LogP contribution >= 0.6 is 23.4 Å². The molecule has 0 aromatic carbocycles. The van der Waals surface area contributed by atoms with Crippen molar-refractivity contribution in [1.82, 2.24) is 24.8 Å². The summed E-state index contributed by atoms with van der Waals surface area (Å²) in [5.41, 5.74) is 1.01. The van der Waals surface area contributed by atoms with Crippen LogP contribution in [0.25, 0.3) is 11.2 Å². The number of esters is 1. The van der Waals surface area contributed by atoms with Crippen LogP contribution in [0.1, 0.15) is 144 Å². The van der Waals surface area contributed by atoms with Crippen LogP contribution in [0.3, 0.4) is 0 Å². The summed E-state index contributed by atoms with van der Waals surface area (Å²) in [4.78, 5) is 36.9. The number of nitrogens with one attached hydrogen (secondary N) is 1. The Kier molecular flexibility index (Phi) is 21.2. The van der Waals surface area contributed by atoms with Crippen molar-refractivity contribution >= 4 is 46.6 Å². The molecule has 0 bridgehead atoms. The molecule has 0 saturated heterocycles. The Bertz CT molecular complexity index is 1120. The molecule has 0 radical (unpaired) electrons. The molecule has 2 heterocycles. The Balaban J connectivity index is 0.00000496. The van der Waals surface area contributed by atoms with Crippen molar-refractivity contribution in [2.45, 2.75) is 169 Å². The molecule has 1 N–H and O–H groups in total. The third-order valence-corrected chi connectivity index (χ3v) is 8.01. The third-order valence-electron chi connectivity index (χ3n) is 6.87. The number of carbonyl (C=O) groups is 2. The molecule has 2 aromatic heterocycles. The molecular weight excluding hydrogens is 610 g/mol. The number of amides is 1. The minimum absolute atomic E-state index is 0.0108. The number of fused-ring (bicyclic) bond motifs is 1. The van der Waals surface area contributed by atoms with Crippen LogP contribution in [-0.4, -0.2) is 55.6 Å². The van der Waals surface area contributed by atoms with Gasteiger partial charge in [0.25, 0.3) is 0 Å². The molecule has 258 valence electrons. The molecule has 1 amide bonds. The summed E-state index contributed by atoms with van der Waals surface area (Å²) in [6.07, 6.45) is 16.0. The van der Waals surface area contributed by atoms with E-state index in [2.05, 4.69) is 24.8 Å². The lowest BCUT2D eigenvalue weighted by molar-refractivity contribution is -0.147. The highest BCUT2D eigenvalue weighted by Crippen LogP contribution is 2.28. The molecule has 0 aliphatic carbocycles. The van der Waals surface area contributed by atoms with Crippen molar-refractivity contribution in [3.63, 3.8) is 0 Å². The van der Waals surface area contributed by atoms with Gasteiger partial charge in [-0.05, 0) is 66.0 Å². The minimum Gasteiger partial charge on any atom is -0.463 e. The number of hydrogen-bond acceptors (Lipinski definition) is 8. The topological polar surface area (TPSA) is 108 Å². The second-order valence-corrected chi connectivity index (χ2v) is 13.9. The van der Waals surface area contributed by atoms with Crippen molar-refractivity contribution in [3.8, 4) is 0 Å². The van der Waals surface area contributed by atoms with Gasteiger partial charge in [0.05, 0.1) is 6.10 Å². The lowest BCUT2D eigenvalue weighted by Gasteiger charge is -2.19. The fraction of sp³-hybridized carbons (Fsp3) is 0.794. The summed E-state index contributed by atoms with van der Waals surface area (Å²) in [7, 11) is 0. The molecule has 2 aromatic rings. The zero-order valence-corrected chi connectivity index (χ0v) is 30.9. The number of nitrogens with zero attached hydrogens (tertiary/aromatic N) is 4. The molecule has 9 nitrogen and oxygen atoms in total. The number of unbranched alkanes of at least 4 members (excludes halogenated alkanes) is 12. The van der Waals surface area contributed by atoms with Crippen molar-refractivity contribution in [2.75, 3.05) is 12.3 Å². The van der Waals surface area contributed by atoms with Gasteiger partial charge in [-0.2, -0.15) is 4.98 Å². The molecule has 0 unspecified atom stereocenters. The molecule has 0 saturated carbocycles. The van der Waals surface area contributed by atoms with Crippen molar-refractivity contribution in [3.05, 3.63) is 11.1 Å². The number of halogens is 1. The van der Waals surface area contributed by atoms with Crippen LogP contribution in [-0.2, 0) is 20.8 Å². The normalized spacial score (nSPS) is 11.4. The van der Waals surface area contributed by atoms with E-state index < -0.39 is 11.7 Å². The summed E-state index contributed by atoms with van der Waals surface area (Å²) in [6, 6.07) is 0. The quantitative estimate of drug-likeness (QED) is 0.0460. The number of ether oxygens (including phenoxy) is 2. The zero-order valence-electron chi connectivity index (χ0n) is 29.3. The molecule has 0 atom stereocenters. The van der Waals surface area contributed by atoms with E-state index in [0.29, 0.717) is 24.4 Å². The molecule has 45 heavy (non-hydrogen) atoms. The van der Waals surface area contributed by atoms with Crippen LogP contribution in [0.2, 0.25) is 5.28 Å². The van der Waals surface area contributed by atoms with Gasteiger partial charge in [-0.3, -0.25) is 4.79 Å². The van der Waals surface area contributed by atoms with Gasteiger partial charge in [0.15, 0.2) is 5.65 Å².